The van der Waals surface area contributed by atoms with Gasteiger partial charge in [-0.15, -0.1) is 0 Å². The van der Waals surface area contributed by atoms with Crippen molar-refractivity contribution in [1.82, 2.24) is 0 Å². The number of fused-ring (bicyclic) bond motifs is 2. The van der Waals surface area contributed by atoms with Gasteiger partial charge in [-0.1, -0.05) is 78.9 Å². The molecule has 0 N–H and O–H groups in total. The summed E-state index contributed by atoms with van der Waals surface area (Å²) < 4.78 is 11.4. The lowest BCUT2D eigenvalue weighted by molar-refractivity contribution is 0.0383. The van der Waals surface area contributed by atoms with Gasteiger partial charge in [0.15, 0.2) is 0 Å². The Balaban J connectivity index is 1.28. The van der Waals surface area contributed by atoms with Crippen LogP contribution in [0.1, 0.15) is 40.5 Å². The highest BCUT2D eigenvalue weighted by Crippen LogP contribution is 2.53. The lowest BCUT2D eigenvalue weighted by atomic mass is 9.62. The Hall–Kier alpha value is -3.59. The van der Waals surface area contributed by atoms with Crippen LogP contribution in [0.15, 0.2) is 91.0 Å². The first-order chi connectivity index (χ1) is 14.8. The maximum Gasteiger partial charge on any atom is 0.514 e. The smallest absolute Gasteiger partial charge is 0.430 e. The number of hydrogen-bond acceptors (Lipinski definition) is 3. The summed E-state index contributed by atoms with van der Waals surface area (Å²) in [7, 11) is 0. The Kier molecular flexibility index (Phi) is 3.88. The van der Waals surface area contributed by atoms with Crippen LogP contribution in [-0.2, 0) is 4.74 Å². The Labute approximate surface area is 174 Å². The van der Waals surface area contributed by atoms with Gasteiger partial charge in [0.2, 0.25) is 0 Å². The zero-order valence-corrected chi connectivity index (χ0v) is 16.3. The van der Waals surface area contributed by atoms with Gasteiger partial charge in [0, 0.05) is 11.8 Å². The summed E-state index contributed by atoms with van der Waals surface area (Å²) in [5, 5.41) is 2.14. The first-order valence-corrected chi connectivity index (χ1v) is 10.3. The van der Waals surface area contributed by atoms with Crippen LogP contribution >= 0.6 is 0 Å². The van der Waals surface area contributed by atoms with E-state index in [9.17, 15) is 4.79 Å². The number of hydrogen-bond donors (Lipinski definition) is 0. The zero-order chi connectivity index (χ0) is 20.1. The highest BCUT2D eigenvalue weighted by molar-refractivity contribution is 5.84. The van der Waals surface area contributed by atoms with Crippen LogP contribution < -0.4 is 4.74 Å². The molecule has 0 fully saturated rings. The highest BCUT2D eigenvalue weighted by Gasteiger charge is 2.45. The van der Waals surface area contributed by atoms with Gasteiger partial charge < -0.3 is 9.47 Å². The van der Waals surface area contributed by atoms with Crippen LogP contribution in [0.5, 0.6) is 5.75 Å². The zero-order valence-electron chi connectivity index (χ0n) is 16.3. The predicted octanol–water partition coefficient (Wildman–Crippen LogP) is 6.40. The second-order valence-electron chi connectivity index (χ2n) is 8.04. The molecule has 0 spiro atoms. The number of ether oxygens (including phenoxy) is 2. The molecule has 3 heteroatoms. The molecule has 4 aromatic rings. The average molecular weight is 392 g/mol. The minimum atomic E-state index is -0.641. The molecule has 30 heavy (non-hydrogen) atoms. The van der Waals surface area contributed by atoms with Crippen LogP contribution in [0, 0.1) is 0 Å². The summed E-state index contributed by atoms with van der Waals surface area (Å²) in [6.07, 6.45) is -0.0866. The third-order valence-electron chi connectivity index (χ3n) is 6.42. The minimum Gasteiger partial charge on any atom is -0.430 e. The fourth-order valence-corrected chi connectivity index (χ4v) is 5.17. The standard InChI is InChI=1S/C27H20O3/c28-27(29-19-14-13-17-7-1-2-8-18(17)15-19)30-25-16-24-20-9-3-5-11-22(20)26(25)23-12-6-4-10-21(23)24/h1-15,24-26H,16H2. The Morgan fingerprint density at radius 2 is 1.30 bits per heavy atom. The van der Waals surface area contributed by atoms with E-state index in [1.54, 1.807) is 6.07 Å². The summed E-state index contributed by atoms with van der Waals surface area (Å²) in [6.45, 7) is 0. The van der Waals surface area contributed by atoms with Crippen molar-refractivity contribution in [3.8, 4) is 5.75 Å². The van der Waals surface area contributed by atoms with Gasteiger partial charge in [0.05, 0.1) is 0 Å². The van der Waals surface area contributed by atoms with Crippen molar-refractivity contribution < 1.29 is 14.3 Å². The van der Waals surface area contributed by atoms with Crippen molar-refractivity contribution in [3.05, 3.63) is 113 Å². The monoisotopic (exact) mass is 392 g/mol. The number of rotatable bonds is 2. The maximum atomic E-state index is 12.7. The molecule has 2 bridgehead atoms. The van der Waals surface area contributed by atoms with Gasteiger partial charge in [-0.25, -0.2) is 4.79 Å². The number of carbonyl (C=O) groups is 1. The van der Waals surface area contributed by atoms with E-state index in [-0.39, 0.29) is 17.9 Å². The van der Waals surface area contributed by atoms with Gasteiger partial charge in [-0.05, 0) is 51.6 Å². The lowest BCUT2D eigenvalue weighted by Gasteiger charge is -2.44. The SMILES string of the molecule is O=C(Oc1ccc2ccccc2c1)OC1CC2c3ccccc3C1c1ccccc12. The number of carbonyl (C=O) groups excluding carboxylic acids is 1. The van der Waals surface area contributed by atoms with Crippen molar-refractivity contribution in [2.45, 2.75) is 24.4 Å². The molecule has 4 aromatic carbocycles. The topological polar surface area (TPSA) is 35.5 Å². The molecule has 0 amide bonds. The van der Waals surface area contributed by atoms with Gasteiger partial charge in [-0.3, -0.25) is 0 Å². The Morgan fingerprint density at radius 1 is 0.700 bits per heavy atom. The second-order valence-corrected chi connectivity index (χ2v) is 8.04. The molecule has 146 valence electrons. The van der Waals surface area contributed by atoms with Gasteiger partial charge >= 0.3 is 6.16 Å². The van der Waals surface area contributed by atoms with Crippen LogP contribution in [0.4, 0.5) is 4.79 Å². The molecular formula is C27H20O3. The van der Waals surface area contributed by atoms with Crippen molar-refractivity contribution in [2.24, 2.45) is 0 Å². The maximum absolute atomic E-state index is 12.7. The van der Waals surface area contributed by atoms with E-state index in [1.165, 1.54) is 22.3 Å². The Morgan fingerprint density at radius 3 is 2.00 bits per heavy atom. The molecule has 0 aromatic heterocycles. The van der Waals surface area contributed by atoms with E-state index in [0.29, 0.717) is 5.75 Å². The van der Waals surface area contributed by atoms with Crippen molar-refractivity contribution in [2.75, 3.05) is 0 Å². The van der Waals surface area contributed by atoms with Crippen molar-refractivity contribution >= 4 is 16.9 Å². The van der Waals surface area contributed by atoms with E-state index in [2.05, 4.69) is 48.5 Å². The fourth-order valence-electron chi connectivity index (χ4n) is 5.17. The summed E-state index contributed by atoms with van der Waals surface area (Å²) in [5.74, 6) is 0.799. The molecule has 1 unspecified atom stereocenters. The van der Waals surface area contributed by atoms with Crippen LogP contribution in [-0.4, -0.2) is 12.3 Å². The summed E-state index contributed by atoms with van der Waals surface area (Å²) >= 11 is 0. The van der Waals surface area contributed by atoms with Gasteiger partial charge in [0.25, 0.3) is 0 Å². The normalized spacial score (nSPS) is 21.0. The molecule has 0 heterocycles. The third-order valence-corrected chi connectivity index (χ3v) is 6.42. The summed E-state index contributed by atoms with van der Waals surface area (Å²) in [6, 6.07) is 30.6. The van der Waals surface area contributed by atoms with E-state index in [0.717, 1.165) is 17.2 Å². The highest BCUT2D eigenvalue weighted by atomic mass is 16.7. The largest absolute Gasteiger partial charge is 0.514 e. The average Bonchev–Trinajstić information content (AvgIpc) is 2.79. The molecule has 1 atom stereocenters. The van der Waals surface area contributed by atoms with E-state index in [1.807, 2.05) is 36.4 Å². The predicted molar refractivity (Wildman–Crippen MR) is 116 cm³/mol. The van der Waals surface area contributed by atoms with E-state index in [4.69, 9.17) is 9.47 Å². The summed E-state index contributed by atoms with van der Waals surface area (Å²) in [4.78, 5) is 12.7. The molecule has 0 saturated carbocycles. The molecule has 7 rings (SSSR count). The molecule has 0 radical (unpaired) electrons. The molecule has 0 aliphatic heterocycles. The number of benzene rings is 4. The molecule has 3 aliphatic rings. The van der Waals surface area contributed by atoms with Crippen LogP contribution in [0.3, 0.4) is 0 Å². The van der Waals surface area contributed by atoms with Crippen molar-refractivity contribution in [3.63, 3.8) is 0 Å². The van der Waals surface area contributed by atoms with Gasteiger partial charge in [0.1, 0.15) is 11.9 Å². The van der Waals surface area contributed by atoms with Crippen molar-refractivity contribution in [1.29, 1.82) is 0 Å². The quantitative estimate of drug-likeness (QED) is 0.292. The molecule has 3 aliphatic carbocycles. The molecular weight excluding hydrogens is 372 g/mol. The van der Waals surface area contributed by atoms with E-state index >= 15 is 0 Å². The summed E-state index contributed by atoms with van der Waals surface area (Å²) in [5.41, 5.74) is 5.22. The lowest BCUT2D eigenvalue weighted by Crippen LogP contribution is -2.38. The fraction of sp³-hybridized carbons (Fsp3) is 0.148. The third kappa shape index (κ3) is 2.70. The molecule has 0 saturated heterocycles. The first-order valence-electron chi connectivity index (χ1n) is 10.3. The first kappa shape index (κ1) is 17.3. The minimum absolute atomic E-state index is 0.0477. The molecule has 3 nitrogen and oxygen atoms in total. The van der Waals surface area contributed by atoms with Gasteiger partial charge in [-0.2, -0.15) is 0 Å². The Bertz CT molecular complexity index is 1230. The second kappa shape index (κ2) is 6.74. The van der Waals surface area contributed by atoms with E-state index < -0.39 is 6.16 Å². The van der Waals surface area contributed by atoms with Crippen LogP contribution in [0.2, 0.25) is 0 Å². The van der Waals surface area contributed by atoms with Crippen LogP contribution in [0.25, 0.3) is 10.8 Å².